The van der Waals surface area contributed by atoms with Gasteiger partial charge >= 0.3 is 5.97 Å². The average molecular weight is 225 g/mol. The number of benzene rings is 1. The smallest absolute Gasteiger partial charge is 0.309 e. The Bertz CT molecular complexity index is 414. The highest BCUT2D eigenvalue weighted by Gasteiger charge is 2.37. The number of hydrogen-bond acceptors (Lipinski definition) is 1. The summed E-state index contributed by atoms with van der Waals surface area (Å²) in [6.45, 7) is 1.79. The molecule has 1 aromatic carbocycles. The predicted molar refractivity (Wildman–Crippen MR) is 59.2 cm³/mol. The number of carbonyl (C=O) groups is 1. The van der Waals surface area contributed by atoms with E-state index in [0.29, 0.717) is 17.9 Å². The second-order valence-electron chi connectivity index (χ2n) is 4.42. The van der Waals surface area contributed by atoms with Gasteiger partial charge in [0.1, 0.15) is 0 Å². The highest BCUT2D eigenvalue weighted by Crippen LogP contribution is 2.38. The first-order valence-electron chi connectivity index (χ1n) is 5.02. The summed E-state index contributed by atoms with van der Waals surface area (Å²) in [4.78, 5) is 11.2. The van der Waals surface area contributed by atoms with Crippen molar-refractivity contribution in [2.75, 3.05) is 0 Å². The molecule has 0 amide bonds. The summed E-state index contributed by atoms with van der Waals surface area (Å²) in [5.74, 6) is -0.729. The third-order valence-electron chi connectivity index (χ3n) is 3.25. The minimum Gasteiger partial charge on any atom is -0.481 e. The fourth-order valence-corrected chi connectivity index (χ4v) is 2.37. The number of hydrogen-bond donors (Lipinski definition) is 1. The second-order valence-corrected chi connectivity index (χ2v) is 4.83. The van der Waals surface area contributed by atoms with Crippen LogP contribution in [0.5, 0.6) is 0 Å². The van der Waals surface area contributed by atoms with E-state index in [4.69, 9.17) is 11.6 Å². The average Bonchev–Trinajstić information content (AvgIpc) is 2.19. The SMILES string of the molecule is CC1(C(=O)O)CCc2cccc(Cl)c2C1. The molecule has 1 aliphatic carbocycles. The van der Waals surface area contributed by atoms with Crippen molar-refractivity contribution in [3.05, 3.63) is 34.3 Å². The topological polar surface area (TPSA) is 37.3 Å². The van der Waals surface area contributed by atoms with Crippen LogP contribution in [0, 0.1) is 5.41 Å². The molecular weight excluding hydrogens is 212 g/mol. The minimum atomic E-state index is -0.729. The van der Waals surface area contributed by atoms with Crippen molar-refractivity contribution < 1.29 is 9.90 Å². The van der Waals surface area contributed by atoms with Crippen LogP contribution in [0.2, 0.25) is 5.02 Å². The van der Waals surface area contributed by atoms with Crippen LogP contribution in [0.15, 0.2) is 18.2 Å². The first kappa shape index (κ1) is 10.5. The highest BCUT2D eigenvalue weighted by molar-refractivity contribution is 6.31. The molecule has 1 aromatic rings. The van der Waals surface area contributed by atoms with Crippen LogP contribution in [-0.2, 0) is 17.6 Å². The lowest BCUT2D eigenvalue weighted by molar-refractivity contribution is -0.148. The third kappa shape index (κ3) is 1.74. The lowest BCUT2D eigenvalue weighted by Crippen LogP contribution is -2.34. The number of aryl methyl sites for hydroxylation is 1. The maximum absolute atomic E-state index is 11.2. The molecule has 1 aliphatic rings. The van der Waals surface area contributed by atoms with E-state index < -0.39 is 11.4 Å². The fraction of sp³-hybridized carbons (Fsp3) is 0.417. The van der Waals surface area contributed by atoms with Gasteiger partial charge in [0, 0.05) is 5.02 Å². The monoisotopic (exact) mass is 224 g/mol. The number of halogens is 1. The van der Waals surface area contributed by atoms with Gasteiger partial charge in [-0.1, -0.05) is 23.7 Å². The Balaban J connectivity index is 2.42. The number of fused-ring (bicyclic) bond motifs is 1. The van der Waals surface area contributed by atoms with Crippen molar-refractivity contribution in [1.29, 1.82) is 0 Å². The van der Waals surface area contributed by atoms with Crippen LogP contribution in [0.1, 0.15) is 24.5 Å². The molecule has 0 aliphatic heterocycles. The van der Waals surface area contributed by atoms with Gasteiger partial charge in [-0.05, 0) is 43.4 Å². The summed E-state index contributed by atoms with van der Waals surface area (Å²) in [6, 6.07) is 5.78. The standard InChI is InChI=1S/C12H13ClO2/c1-12(11(14)15)6-5-8-3-2-4-10(13)9(8)7-12/h2-4H,5-7H2,1H3,(H,14,15). The van der Waals surface area contributed by atoms with Gasteiger partial charge in [-0.3, -0.25) is 4.79 Å². The number of rotatable bonds is 1. The molecule has 2 rings (SSSR count). The molecule has 0 radical (unpaired) electrons. The van der Waals surface area contributed by atoms with E-state index in [1.807, 2.05) is 18.2 Å². The Morgan fingerprint density at radius 3 is 2.93 bits per heavy atom. The molecule has 2 nitrogen and oxygen atoms in total. The zero-order valence-corrected chi connectivity index (χ0v) is 9.34. The fourth-order valence-electron chi connectivity index (χ4n) is 2.11. The van der Waals surface area contributed by atoms with Crippen molar-refractivity contribution in [1.82, 2.24) is 0 Å². The third-order valence-corrected chi connectivity index (χ3v) is 3.60. The van der Waals surface area contributed by atoms with Crippen LogP contribution in [0.4, 0.5) is 0 Å². The van der Waals surface area contributed by atoms with E-state index in [1.165, 1.54) is 5.56 Å². The molecule has 1 unspecified atom stereocenters. The van der Waals surface area contributed by atoms with Crippen molar-refractivity contribution in [3.8, 4) is 0 Å². The molecule has 1 atom stereocenters. The predicted octanol–water partition coefficient (Wildman–Crippen LogP) is 2.92. The summed E-state index contributed by atoms with van der Waals surface area (Å²) < 4.78 is 0. The Hall–Kier alpha value is -1.02. The van der Waals surface area contributed by atoms with Crippen molar-refractivity contribution in [3.63, 3.8) is 0 Å². The Labute approximate surface area is 93.9 Å². The molecular formula is C12H13ClO2. The molecule has 1 N–H and O–H groups in total. The lowest BCUT2D eigenvalue weighted by Gasteiger charge is -2.31. The molecule has 0 saturated heterocycles. The van der Waals surface area contributed by atoms with Crippen LogP contribution in [0.25, 0.3) is 0 Å². The molecule has 0 spiro atoms. The van der Waals surface area contributed by atoms with Crippen LogP contribution < -0.4 is 0 Å². The van der Waals surface area contributed by atoms with Crippen molar-refractivity contribution in [2.45, 2.75) is 26.2 Å². The quantitative estimate of drug-likeness (QED) is 0.797. The molecule has 0 saturated carbocycles. The van der Waals surface area contributed by atoms with Gasteiger partial charge in [0.25, 0.3) is 0 Å². The molecule has 0 aromatic heterocycles. The first-order valence-corrected chi connectivity index (χ1v) is 5.40. The van der Waals surface area contributed by atoms with Gasteiger partial charge in [0.05, 0.1) is 5.41 Å². The van der Waals surface area contributed by atoms with Gasteiger partial charge in [-0.15, -0.1) is 0 Å². The maximum Gasteiger partial charge on any atom is 0.309 e. The molecule has 0 fully saturated rings. The number of carboxylic acid groups (broad SMARTS) is 1. The summed E-state index contributed by atoms with van der Waals surface area (Å²) in [6.07, 6.45) is 2.03. The zero-order chi connectivity index (χ0) is 11.1. The summed E-state index contributed by atoms with van der Waals surface area (Å²) in [7, 11) is 0. The normalized spacial score (nSPS) is 24.7. The van der Waals surface area contributed by atoms with Crippen molar-refractivity contribution in [2.24, 2.45) is 5.41 Å². The molecule has 0 bridgehead atoms. The summed E-state index contributed by atoms with van der Waals surface area (Å²) in [5, 5.41) is 9.87. The minimum absolute atomic E-state index is 0.539. The lowest BCUT2D eigenvalue weighted by atomic mass is 9.73. The molecule has 0 heterocycles. The van der Waals surface area contributed by atoms with E-state index >= 15 is 0 Å². The van der Waals surface area contributed by atoms with E-state index in [0.717, 1.165) is 12.0 Å². The maximum atomic E-state index is 11.2. The molecule has 80 valence electrons. The molecule has 15 heavy (non-hydrogen) atoms. The van der Waals surface area contributed by atoms with E-state index in [9.17, 15) is 9.90 Å². The van der Waals surface area contributed by atoms with Gasteiger partial charge in [-0.25, -0.2) is 0 Å². The zero-order valence-electron chi connectivity index (χ0n) is 8.59. The van der Waals surface area contributed by atoms with E-state index in [2.05, 4.69) is 0 Å². The largest absolute Gasteiger partial charge is 0.481 e. The Kier molecular flexibility index (Phi) is 2.47. The first-order chi connectivity index (χ1) is 7.03. The van der Waals surface area contributed by atoms with Crippen molar-refractivity contribution >= 4 is 17.6 Å². The number of carboxylic acids is 1. The Morgan fingerprint density at radius 2 is 2.27 bits per heavy atom. The second kappa shape index (κ2) is 3.53. The van der Waals surface area contributed by atoms with Gasteiger partial charge in [-0.2, -0.15) is 0 Å². The van der Waals surface area contributed by atoms with Crippen LogP contribution in [-0.4, -0.2) is 11.1 Å². The van der Waals surface area contributed by atoms with Gasteiger partial charge < -0.3 is 5.11 Å². The highest BCUT2D eigenvalue weighted by atomic mass is 35.5. The van der Waals surface area contributed by atoms with Gasteiger partial charge in [0.2, 0.25) is 0 Å². The van der Waals surface area contributed by atoms with E-state index in [1.54, 1.807) is 6.92 Å². The van der Waals surface area contributed by atoms with Gasteiger partial charge in [0.15, 0.2) is 0 Å². The Morgan fingerprint density at radius 1 is 1.53 bits per heavy atom. The molecule has 3 heteroatoms. The van der Waals surface area contributed by atoms with Crippen LogP contribution >= 0.6 is 11.6 Å². The van der Waals surface area contributed by atoms with Crippen LogP contribution in [0.3, 0.4) is 0 Å². The summed E-state index contributed by atoms with van der Waals surface area (Å²) >= 11 is 6.08. The summed E-state index contributed by atoms with van der Waals surface area (Å²) in [5.41, 5.74) is 1.55. The van der Waals surface area contributed by atoms with E-state index in [-0.39, 0.29) is 0 Å². The number of aliphatic carboxylic acids is 1.